The molecule has 33 heavy (non-hydrogen) atoms. The molecule has 3 nitrogen and oxygen atoms in total. The smallest absolute Gasteiger partial charge is 0.139 e. The summed E-state index contributed by atoms with van der Waals surface area (Å²) in [4.78, 5) is 25.8. The second-order valence-electron chi connectivity index (χ2n) is 15.0. The van der Waals surface area contributed by atoms with Crippen LogP contribution in [0.4, 0.5) is 0 Å². The Bertz CT molecular complexity index is 876. The molecule has 5 aliphatic rings. The molecule has 0 unspecified atom stereocenters. The van der Waals surface area contributed by atoms with Gasteiger partial charge in [0.05, 0.1) is 0 Å². The molecule has 9 atom stereocenters. The predicted molar refractivity (Wildman–Crippen MR) is 132 cm³/mol. The highest BCUT2D eigenvalue weighted by atomic mass is 16.3. The van der Waals surface area contributed by atoms with Crippen LogP contribution in [0.1, 0.15) is 113 Å². The molecule has 0 bridgehead atoms. The molecule has 5 rings (SSSR count). The lowest BCUT2D eigenvalue weighted by molar-refractivity contribution is -0.270. The minimum Gasteiger partial charge on any atom is -0.396 e. The van der Waals surface area contributed by atoms with Crippen molar-refractivity contribution >= 4 is 11.6 Å². The summed E-state index contributed by atoms with van der Waals surface area (Å²) in [7, 11) is 0. The summed E-state index contributed by atoms with van der Waals surface area (Å²) >= 11 is 0. The summed E-state index contributed by atoms with van der Waals surface area (Å²) in [6.07, 6.45) is 10.2. The van der Waals surface area contributed by atoms with E-state index in [0.29, 0.717) is 35.7 Å². The maximum atomic E-state index is 13.0. The Morgan fingerprint density at radius 2 is 1.52 bits per heavy atom. The Kier molecular flexibility index (Phi) is 5.06. The van der Waals surface area contributed by atoms with Crippen LogP contribution in [0.3, 0.4) is 0 Å². The fourth-order valence-electron chi connectivity index (χ4n) is 11.2. The predicted octanol–water partition coefficient (Wildman–Crippen LogP) is 6.61. The van der Waals surface area contributed by atoms with Crippen LogP contribution in [0.15, 0.2) is 0 Å². The third-order valence-corrected chi connectivity index (χ3v) is 13.6. The molecule has 3 heteroatoms. The summed E-state index contributed by atoms with van der Waals surface area (Å²) in [6.45, 7) is 16.6. The SMILES string of the molecule is C[C@H]1C(=O)CC[C@@H]2[C@]1(C)CC[C@H]1[C@@]2(C)CC[C@@]2(C)[C@@H]3CC(C)(C)C(=O)C[C@]3(C)CC[C@]12CO. The number of rotatable bonds is 1. The Morgan fingerprint density at radius 3 is 2.18 bits per heavy atom. The average Bonchev–Trinajstić information content (AvgIpc) is 2.74. The molecule has 1 N–H and O–H groups in total. The van der Waals surface area contributed by atoms with Gasteiger partial charge in [-0.2, -0.15) is 0 Å². The van der Waals surface area contributed by atoms with E-state index >= 15 is 0 Å². The standard InChI is InChI=1S/C30H48O3/c1-19-20(32)8-9-21-27(19,5)11-10-22-28(21,6)13-14-29(7)23-16-25(2,3)24(33)17-26(23,4)12-15-30(22,29)18-31/h19,21-23,31H,8-18H2,1-7H3/t19-,21+,22-,23+,26-,27+,28-,29-,30-/m0/s1. The van der Waals surface area contributed by atoms with E-state index in [-0.39, 0.29) is 45.0 Å². The Balaban J connectivity index is 1.58. The highest BCUT2D eigenvalue weighted by Crippen LogP contribution is 2.78. The van der Waals surface area contributed by atoms with Crippen LogP contribution >= 0.6 is 0 Å². The Morgan fingerprint density at radius 1 is 0.818 bits per heavy atom. The molecule has 5 saturated carbocycles. The van der Waals surface area contributed by atoms with Gasteiger partial charge in [0.15, 0.2) is 0 Å². The van der Waals surface area contributed by atoms with Gasteiger partial charge in [0, 0.05) is 36.2 Å². The van der Waals surface area contributed by atoms with E-state index in [1.807, 2.05) is 0 Å². The van der Waals surface area contributed by atoms with Gasteiger partial charge < -0.3 is 5.11 Å². The number of hydrogen-bond acceptors (Lipinski definition) is 3. The van der Waals surface area contributed by atoms with Crippen molar-refractivity contribution in [2.75, 3.05) is 6.61 Å². The average molecular weight is 457 g/mol. The van der Waals surface area contributed by atoms with Crippen LogP contribution in [0.2, 0.25) is 0 Å². The van der Waals surface area contributed by atoms with Crippen molar-refractivity contribution in [3.05, 3.63) is 0 Å². The van der Waals surface area contributed by atoms with Gasteiger partial charge in [0.25, 0.3) is 0 Å². The molecule has 0 aromatic rings. The molecule has 0 aromatic carbocycles. The van der Waals surface area contributed by atoms with Gasteiger partial charge in [-0.3, -0.25) is 9.59 Å². The van der Waals surface area contributed by atoms with Crippen molar-refractivity contribution in [3.8, 4) is 0 Å². The third-order valence-electron chi connectivity index (χ3n) is 13.6. The van der Waals surface area contributed by atoms with Crippen LogP contribution in [0.5, 0.6) is 0 Å². The van der Waals surface area contributed by atoms with E-state index in [4.69, 9.17) is 0 Å². The number of aliphatic hydroxyl groups excluding tert-OH is 1. The molecule has 0 spiro atoms. The molecule has 0 amide bonds. The van der Waals surface area contributed by atoms with Gasteiger partial charge in [-0.15, -0.1) is 0 Å². The molecular weight excluding hydrogens is 408 g/mol. The van der Waals surface area contributed by atoms with Gasteiger partial charge in [-0.1, -0.05) is 48.5 Å². The van der Waals surface area contributed by atoms with Crippen LogP contribution in [-0.4, -0.2) is 23.3 Å². The molecule has 5 fully saturated rings. The van der Waals surface area contributed by atoms with Crippen LogP contribution < -0.4 is 0 Å². The molecule has 0 radical (unpaired) electrons. The van der Waals surface area contributed by atoms with Gasteiger partial charge >= 0.3 is 0 Å². The first-order valence-corrected chi connectivity index (χ1v) is 13.9. The normalized spacial score (nSPS) is 55.8. The van der Waals surface area contributed by atoms with Gasteiger partial charge in [-0.25, -0.2) is 0 Å². The van der Waals surface area contributed by atoms with E-state index < -0.39 is 0 Å². The van der Waals surface area contributed by atoms with E-state index in [0.717, 1.165) is 51.4 Å². The van der Waals surface area contributed by atoms with E-state index in [1.165, 1.54) is 6.42 Å². The molecular formula is C30H48O3. The number of carbonyl (C=O) groups is 2. The summed E-state index contributed by atoms with van der Waals surface area (Å²) in [5, 5.41) is 11.3. The second kappa shape index (κ2) is 6.95. The first-order chi connectivity index (χ1) is 15.2. The van der Waals surface area contributed by atoms with Crippen LogP contribution in [0.25, 0.3) is 0 Å². The molecule has 186 valence electrons. The summed E-state index contributed by atoms with van der Waals surface area (Å²) in [5.74, 6) is 2.64. The molecule has 0 heterocycles. The van der Waals surface area contributed by atoms with E-state index in [2.05, 4.69) is 48.5 Å². The Hall–Kier alpha value is -0.700. The van der Waals surface area contributed by atoms with Crippen molar-refractivity contribution < 1.29 is 14.7 Å². The maximum absolute atomic E-state index is 13.0. The van der Waals surface area contributed by atoms with Crippen molar-refractivity contribution in [2.45, 2.75) is 113 Å². The highest BCUT2D eigenvalue weighted by Gasteiger charge is 2.72. The van der Waals surface area contributed by atoms with Crippen molar-refractivity contribution in [3.63, 3.8) is 0 Å². The number of Topliss-reactive ketones (excluding diaryl/α,β-unsaturated/α-hetero) is 2. The van der Waals surface area contributed by atoms with Crippen LogP contribution in [0, 0.1) is 56.2 Å². The lowest BCUT2D eigenvalue weighted by Crippen LogP contribution is -2.70. The summed E-state index contributed by atoms with van der Waals surface area (Å²) in [5.41, 5.74) is 0.123. The maximum Gasteiger partial charge on any atom is 0.139 e. The summed E-state index contributed by atoms with van der Waals surface area (Å²) < 4.78 is 0. The number of carbonyl (C=O) groups excluding carboxylic acids is 2. The molecule has 0 saturated heterocycles. The lowest BCUT2D eigenvalue weighted by atomic mass is 9.30. The van der Waals surface area contributed by atoms with Crippen molar-refractivity contribution in [1.29, 1.82) is 0 Å². The van der Waals surface area contributed by atoms with Gasteiger partial charge in [0.2, 0.25) is 0 Å². The lowest BCUT2D eigenvalue weighted by Gasteiger charge is -2.75. The minimum atomic E-state index is -0.253. The van der Waals surface area contributed by atoms with Gasteiger partial charge in [0.1, 0.15) is 11.6 Å². The zero-order valence-electron chi connectivity index (χ0n) is 22.4. The zero-order valence-corrected chi connectivity index (χ0v) is 22.4. The van der Waals surface area contributed by atoms with Crippen molar-refractivity contribution in [2.24, 2.45) is 56.2 Å². The minimum absolute atomic E-state index is 0.0628. The van der Waals surface area contributed by atoms with E-state index in [9.17, 15) is 14.7 Å². The number of aliphatic hydroxyl groups is 1. The monoisotopic (exact) mass is 456 g/mol. The fourth-order valence-corrected chi connectivity index (χ4v) is 11.2. The molecule has 5 aliphatic carbocycles. The number of ketones is 2. The summed E-state index contributed by atoms with van der Waals surface area (Å²) in [6, 6.07) is 0. The van der Waals surface area contributed by atoms with Crippen LogP contribution in [-0.2, 0) is 9.59 Å². The van der Waals surface area contributed by atoms with Gasteiger partial charge in [-0.05, 0) is 90.8 Å². The van der Waals surface area contributed by atoms with E-state index in [1.54, 1.807) is 0 Å². The highest BCUT2D eigenvalue weighted by molar-refractivity contribution is 5.85. The number of hydrogen-bond donors (Lipinski definition) is 1. The molecule has 0 aliphatic heterocycles. The second-order valence-corrected chi connectivity index (χ2v) is 15.0. The first kappa shape index (κ1) is 24.0. The largest absolute Gasteiger partial charge is 0.396 e. The number of fused-ring (bicyclic) bond motifs is 7. The quantitative estimate of drug-likeness (QED) is 0.483. The first-order valence-electron chi connectivity index (χ1n) is 13.9. The molecule has 0 aromatic heterocycles. The topological polar surface area (TPSA) is 54.4 Å². The Labute approximate surface area is 201 Å². The zero-order chi connectivity index (χ0) is 24.2. The third kappa shape index (κ3) is 2.78. The fraction of sp³-hybridized carbons (Fsp3) is 0.933. The van der Waals surface area contributed by atoms with Crippen molar-refractivity contribution in [1.82, 2.24) is 0 Å².